The Morgan fingerprint density at radius 2 is 1.80 bits per heavy atom. The van der Waals surface area contributed by atoms with Gasteiger partial charge in [0.25, 0.3) is 0 Å². The van der Waals surface area contributed by atoms with Crippen molar-refractivity contribution >= 4 is 11.9 Å². The van der Waals surface area contributed by atoms with Crippen molar-refractivity contribution in [3.05, 3.63) is 0 Å². The number of carbonyl (C=O) groups is 2. The molecule has 4 heteroatoms. The molecule has 0 saturated heterocycles. The van der Waals surface area contributed by atoms with E-state index in [1.165, 1.54) is 6.92 Å². The fourth-order valence-electron chi connectivity index (χ4n) is 0.893. The van der Waals surface area contributed by atoms with Crippen molar-refractivity contribution in [3.8, 4) is 0 Å². The molecule has 0 aromatic carbocycles. The van der Waals surface area contributed by atoms with Crippen molar-refractivity contribution in [2.75, 3.05) is 0 Å². The van der Waals surface area contributed by atoms with Gasteiger partial charge in [0.2, 0.25) is 0 Å². The lowest BCUT2D eigenvalue weighted by atomic mass is 10.2. The highest BCUT2D eigenvalue weighted by Gasteiger charge is 2.24. The zero-order chi connectivity index (χ0) is 12.1. The van der Waals surface area contributed by atoms with Crippen molar-refractivity contribution in [2.45, 2.75) is 59.2 Å². The third kappa shape index (κ3) is 6.94. The average molecular weight is 216 g/mol. The summed E-state index contributed by atoms with van der Waals surface area (Å²) in [5, 5.41) is 0. The van der Waals surface area contributed by atoms with E-state index in [4.69, 9.17) is 9.47 Å². The lowest BCUT2D eigenvalue weighted by molar-refractivity contribution is -0.174. The number of ether oxygens (including phenoxy) is 2. The lowest BCUT2D eigenvalue weighted by Crippen LogP contribution is -2.33. The fraction of sp³-hybridized carbons (Fsp3) is 0.818. The third-order valence-electron chi connectivity index (χ3n) is 1.50. The molecule has 0 radical (unpaired) electrons. The van der Waals surface area contributed by atoms with Gasteiger partial charge in [-0.2, -0.15) is 0 Å². The zero-order valence-electron chi connectivity index (χ0n) is 10.1. The van der Waals surface area contributed by atoms with Crippen molar-refractivity contribution < 1.29 is 19.1 Å². The smallest absolute Gasteiger partial charge is 0.347 e. The first-order valence-corrected chi connectivity index (χ1v) is 5.18. The Bertz CT molecular complexity index is 227. The highest BCUT2D eigenvalue weighted by molar-refractivity contribution is 5.79. The number of hydrogen-bond donors (Lipinski definition) is 0. The van der Waals surface area contributed by atoms with Gasteiger partial charge in [-0.25, -0.2) is 4.79 Å². The quantitative estimate of drug-likeness (QED) is 0.675. The van der Waals surface area contributed by atoms with Crippen molar-refractivity contribution in [2.24, 2.45) is 0 Å². The van der Waals surface area contributed by atoms with Gasteiger partial charge in [0, 0.05) is 6.42 Å². The third-order valence-corrected chi connectivity index (χ3v) is 1.50. The van der Waals surface area contributed by atoms with Gasteiger partial charge in [0.1, 0.15) is 5.60 Å². The molecule has 0 aliphatic rings. The molecule has 1 atom stereocenters. The van der Waals surface area contributed by atoms with Crippen molar-refractivity contribution in [3.63, 3.8) is 0 Å². The van der Waals surface area contributed by atoms with Gasteiger partial charge in [0.05, 0.1) is 0 Å². The Balaban J connectivity index is 4.05. The second kappa shape index (κ2) is 5.73. The van der Waals surface area contributed by atoms with Crippen LogP contribution < -0.4 is 0 Å². The number of esters is 2. The summed E-state index contributed by atoms with van der Waals surface area (Å²) in [5.74, 6) is -0.872. The topological polar surface area (TPSA) is 52.6 Å². The Morgan fingerprint density at radius 3 is 2.20 bits per heavy atom. The van der Waals surface area contributed by atoms with Crippen LogP contribution in [0.3, 0.4) is 0 Å². The van der Waals surface area contributed by atoms with Crippen LogP contribution >= 0.6 is 0 Å². The zero-order valence-corrected chi connectivity index (χ0v) is 10.1. The molecule has 0 amide bonds. The van der Waals surface area contributed by atoms with E-state index >= 15 is 0 Å². The molecular formula is C11H20O4. The maximum atomic E-state index is 11.4. The SMILES string of the molecule is CCCC(=O)O[C@@H](C)C(=O)OC(C)(C)C. The summed E-state index contributed by atoms with van der Waals surface area (Å²) in [5.41, 5.74) is -0.553. The summed E-state index contributed by atoms with van der Waals surface area (Å²) in [6.07, 6.45) is 0.204. The summed E-state index contributed by atoms with van der Waals surface area (Å²) < 4.78 is 9.95. The summed E-state index contributed by atoms with van der Waals surface area (Å²) >= 11 is 0. The predicted molar refractivity (Wildman–Crippen MR) is 56.3 cm³/mol. The molecule has 15 heavy (non-hydrogen) atoms. The van der Waals surface area contributed by atoms with Crippen LogP contribution in [0.1, 0.15) is 47.5 Å². The standard InChI is InChI=1S/C11H20O4/c1-6-7-9(12)14-8(2)10(13)15-11(3,4)5/h8H,6-7H2,1-5H3/t8-/m0/s1. The number of rotatable bonds is 4. The van der Waals surface area contributed by atoms with Gasteiger partial charge in [-0.1, -0.05) is 6.92 Å². The molecule has 0 aromatic rings. The first-order valence-electron chi connectivity index (χ1n) is 5.18. The van der Waals surface area contributed by atoms with Crippen LogP contribution in [0.25, 0.3) is 0 Å². The minimum atomic E-state index is -0.830. The minimum absolute atomic E-state index is 0.327. The average Bonchev–Trinajstić information content (AvgIpc) is 2.00. The summed E-state index contributed by atoms with van der Waals surface area (Å²) in [6, 6.07) is 0. The molecular weight excluding hydrogens is 196 g/mol. The summed E-state index contributed by atoms with van der Waals surface area (Å²) in [6.45, 7) is 8.70. The summed E-state index contributed by atoms with van der Waals surface area (Å²) in [4.78, 5) is 22.5. The maximum absolute atomic E-state index is 11.4. The van der Waals surface area contributed by atoms with Crippen molar-refractivity contribution in [1.82, 2.24) is 0 Å². The normalized spacial score (nSPS) is 13.1. The Hall–Kier alpha value is -1.06. The highest BCUT2D eigenvalue weighted by atomic mass is 16.6. The fourth-order valence-corrected chi connectivity index (χ4v) is 0.893. The molecule has 0 aromatic heterocycles. The molecule has 0 saturated carbocycles. The molecule has 0 aliphatic heterocycles. The van der Waals surface area contributed by atoms with Gasteiger partial charge in [-0.15, -0.1) is 0 Å². The molecule has 0 heterocycles. The van der Waals surface area contributed by atoms with Crippen LogP contribution in [0.5, 0.6) is 0 Å². The summed E-state index contributed by atoms with van der Waals surface area (Å²) in [7, 11) is 0. The first kappa shape index (κ1) is 13.9. The van der Waals surface area contributed by atoms with Gasteiger partial charge in [-0.3, -0.25) is 4.79 Å². The van der Waals surface area contributed by atoms with Crippen molar-refractivity contribution in [1.29, 1.82) is 0 Å². The van der Waals surface area contributed by atoms with Crippen LogP contribution in [0.2, 0.25) is 0 Å². The minimum Gasteiger partial charge on any atom is -0.457 e. The van der Waals surface area contributed by atoms with E-state index in [1.807, 2.05) is 6.92 Å². The van der Waals surface area contributed by atoms with E-state index in [2.05, 4.69) is 0 Å². The van der Waals surface area contributed by atoms with Crippen LogP contribution in [-0.2, 0) is 19.1 Å². The molecule has 4 nitrogen and oxygen atoms in total. The van der Waals surface area contributed by atoms with E-state index in [9.17, 15) is 9.59 Å². The van der Waals surface area contributed by atoms with Gasteiger partial charge < -0.3 is 9.47 Å². The molecule has 0 bridgehead atoms. The monoisotopic (exact) mass is 216 g/mol. The molecule has 0 aliphatic carbocycles. The molecule has 0 spiro atoms. The van der Waals surface area contributed by atoms with E-state index in [-0.39, 0.29) is 5.97 Å². The van der Waals surface area contributed by atoms with E-state index in [0.29, 0.717) is 12.8 Å². The Labute approximate surface area is 90.9 Å². The molecule has 0 unspecified atom stereocenters. The number of carbonyl (C=O) groups excluding carboxylic acids is 2. The largest absolute Gasteiger partial charge is 0.457 e. The van der Waals surface area contributed by atoms with Crippen LogP contribution in [-0.4, -0.2) is 23.6 Å². The lowest BCUT2D eigenvalue weighted by Gasteiger charge is -2.22. The molecule has 88 valence electrons. The Morgan fingerprint density at radius 1 is 1.27 bits per heavy atom. The van der Waals surface area contributed by atoms with Gasteiger partial charge in [-0.05, 0) is 34.1 Å². The molecule has 0 rings (SSSR count). The predicted octanol–water partition coefficient (Wildman–Crippen LogP) is 2.06. The molecule has 0 fully saturated rings. The highest BCUT2D eigenvalue weighted by Crippen LogP contribution is 2.10. The van der Waals surface area contributed by atoms with Crippen LogP contribution in [0.15, 0.2) is 0 Å². The van der Waals surface area contributed by atoms with E-state index in [1.54, 1.807) is 20.8 Å². The second-order valence-electron chi connectivity index (χ2n) is 4.42. The second-order valence-corrected chi connectivity index (χ2v) is 4.42. The van der Waals surface area contributed by atoms with Crippen LogP contribution in [0.4, 0.5) is 0 Å². The van der Waals surface area contributed by atoms with Gasteiger partial charge in [0.15, 0.2) is 6.10 Å². The maximum Gasteiger partial charge on any atom is 0.347 e. The van der Waals surface area contributed by atoms with Gasteiger partial charge >= 0.3 is 11.9 Å². The Kier molecular flexibility index (Phi) is 5.33. The molecule has 0 N–H and O–H groups in total. The first-order chi connectivity index (χ1) is 6.76. The van der Waals surface area contributed by atoms with Crippen LogP contribution in [0, 0.1) is 0 Å². The van der Waals surface area contributed by atoms with E-state index < -0.39 is 17.7 Å². The van der Waals surface area contributed by atoms with E-state index in [0.717, 1.165) is 0 Å². The number of hydrogen-bond acceptors (Lipinski definition) is 4.